The Labute approximate surface area is 178 Å². The number of carbonyl (C=O) groups excluding carboxylic acids is 2. The molecule has 0 radical (unpaired) electrons. The van der Waals surface area contributed by atoms with E-state index in [0.717, 1.165) is 17.1 Å². The highest BCUT2D eigenvalue weighted by atomic mass is 16.5. The zero-order chi connectivity index (χ0) is 22.5. The number of nitrogens with zero attached hydrogens (tertiary/aromatic N) is 2. The van der Waals surface area contributed by atoms with Crippen molar-refractivity contribution >= 4 is 17.6 Å². The first-order valence-electron chi connectivity index (χ1n) is 10.2. The van der Waals surface area contributed by atoms with Gasteiger partial charge in [-0.3, -0.25) is 14.3 Å². The first kappa shape index (κ1) is 23.4. The van der Waals surface area contributed by atoms with E-state index >= 15 is 0 Å². The van der Waals surface area contributed by atoms with Crippen molar-refractivity contribution in [1.82, 2.24) is 9.78 Å². The molecule has 2 rings (SSSR count). The number of benzene rings is 1. The fourth-order valence-electron chi connectivity index (χ4n) is 2.95. The first-order chi connectivity index (χ1) is 14.0. The molecule has 0 saturated carbocycles. The molecule has 164 valence electrons. The minimum absolute atomic E-state index is 0.0969. The van der Waals surface area contributed by atoms with Gasteiger partial charge in [-0.25, -0.2) is 0 Å². The summed E-state index contributed by atoms with van der Waals surface area (Å²) in [7, 11) is 1.81. The molecule has 0 aliphatic rings. The predicted octanol–water partition coefficient (Wildman–Crippen LogP) is 4.06. The quantitative estimate of drug-likeness (QED) is 0.519. The number of esters is 1. The summed E-state index contributed by atoms with van der Waals surface area (Å²) in [5.41, 5.74) is 3.54. The molecule has 2 aromatic rings. The van der Waals surface area contributed by atoms with E-state index in [9.17, 15) is 9.59 Å². The molecular weight excluding hydrogens is 382 g/mol. The van der Waals surface area contributed by atoms with Crippen LogP contribution in [-0.2, 0) is 26.8 Å². The topological polar surface area (TPSA) is 82.5 Å². The zero-order valence-corrected chi connectivity index (χ0v) is 19.0. The Morgan fingerprint density at radius 2 is 1.80 bits per heavy atom. The van der Waals surface area contributed by atoms with Crippen LogP contribution in [0.2, 0.25) is 0 Å². The lowest BCUT2D eigenvalue weighted by atomic mass is 9.87. The van der Waals surface area contributed by atoms with Crippen molar-refractivity contribution in [3.8, 4) is 5.75 Å². The van der Waals surface area contributed by atoms with E-state index in [1.807, 2.05) is 33.0 Å². The molecule has 30 heavy (non-hydrogen) atoms. The van der Waals surface area contributed by atoms with Crippen LogP contribution in [0.25, 0.3) is 0 Å². The maximum atomic E-state index is 12.3. The van der Waals surface area contributed by atoms with Crippen molar-refractivity contribution in [2.75, 3.05) is 11.9 Å². The average Bonchev–Trinajstić information content (AvgIpc) is 2.91. The van der Waals surface area contributed by atoms with Gasteiger partial charge in [-0.2, -0.15) is 5.10 Å². The summed E-state index contributed by atoms with van der Waals surface area (Å²) in [5.74, 6) is -0.0342. The van der Waals surface area contributed by atoms with Gasteiger partial charge in [-0.05, 0) is 50.3 Å². The van der Waals surface area contributed by atoms with E-state index < -0.39 is 12.1 Å². The Kier molecular flexibility index (Phi) is 7.65. The third kappa shape index (κ3) is 6.34. The monoisotopic (exact) mass is 415 g/mol. The van der Waals surface area contributed by atoms with Gasteiger partial charge in [-0.1, -0.05) is 32.9 Å². The lowest BCUT2D eigenvalue weighted by Crippen LogP contribution is -2.30. The highest BCUT2D eigenvalue weighted by Gasteiger charge is 2.20. The van der Waals surface area contributed by atoms with E-state index in [-0.39, 0.29) is 17.7 Å². The maximum absolute atomic E-state index is 12.3. The van der Waals surface area contributed by atoms with Crippen molar-refractivity contribution in [2.24, 2.45) is 7.05 Å². The van der Waals surface area contributed by atoms with E-state index in [0.29, 0.717) is 18.7 Å². The maximum Gasteiger partial charge on any atom is 0.306 e. The van der Waals surface area contributed by atoms with Crippen LogP contribution in [0.5, 0.6) is 5.75 Å². The van der Waals surface area contributed by atoms with Crippen molar-refractivity contribution < 1.29 is 19.1 Å². The van der Waals surface area contributed by atoms with Gasteiger partial charge in [0.15, 0.2) is 6.10 Å². The smallest absolute Gasteiger partial charge is 0.306 e. The highest BCUT2D eigenvalue weighted by molar-refractivity contribution is 5.96. The number of amides is 1. The second kappa shape index (κ2) is 9.78. The third-order valence-electron chi connectivity index (χ3n) is 4.95. The van der Waals surface area contributed by atoms with Crippen LogP contribution in [0.4, 0.5) is 5.69 Å². The minimum atomic E-state index is -0.887. The second-order valence-corrected chi connectivity index (χ2v) is 8.52. The van der Waals surface area contributed by atoms with Crippen LogP contribution in [0, 0.1) is 13.8 Å². The van der Waals surface area contributed by atoms with Crippen LogP contribution in [-0.4, -0.2) is 34.4 Å². The van der Waals surface area contributed by atoms with Crippen LogP contribution < -0.4 is 10.1 Å². The molecule has 0 aliphatic heterocycles. The zero-order valence-electron chi connectivity index (χ0n) is 19.0. The SMILES string of the molecule is Cc1nn(C)c(C)c1NC(=O)[C@@H](C)OC(=O)CCCOc1ccc(C(C)(C)C)cc1. The lowest BCUT2D eigenvalue weighted by Gasteiger charge is -2.19. The molecule has 1 heterocycles. The Hall–Kier alpha value is -2.83. The van der Waals surface area contributed by atoms with Gasteiger partial charge in [0, 0.05) is 13.5 Å². The molecule has 0 unspecified atom stereocenters. The molecule has 1 aromatic heterocycles. The summed E-state index contributed by atoms with van der Waals surface area (Å²) in [6.45, 7) is 12.1. The van der Waals surface area contributed by atoms with E-state index in [1.165, 1.54) is 5.56 Å². The Morgan fingerprint density at radius 3 is 2.33 bits per heavy atom. The normalized spacial score (nSPS) is 12.4. The molecule has 7 heteroatoms. The van der Waals surface area contributed by atoms with Gasteiger partial charge in [0.05, 0.1) is 23.7 Å². The Balaban J connectivity index is 1.73. The van der Waals surface area contributed by atoms with Gasteiger partial charge >= 0.3 is 5.97 Å². The molecule has 1 N–H and O–H groups in total. The van der Waals surface area contributed by atoms with Crippen LogP contribution in [0.15, 0.2) is 24.3 Å². The summed E-state index contributed by atoms with van der Waals surface area (Å²) >= 11 is 0. The van der Waals surface area contributed by atoms with Gasteiger partial charge in [-0.15, -0.1) is 0 Å². The number of anilines is 1. The average molecular weight is 416 g/mol. The van der Waals surface area contributed by atoms with Gasteiger partial charge in [0.1, 0.15) is 5.75 Å². The molecule has 7 nitrogen and oxygen atoms in total. The molecule has 1 amide bonds. The fourth-order valence-corrected chi connectivity index (χ4v) is 2.95. The summed E-state index contributed by atoms with van der Waals surface area (Å²) < 4.78 is 12.6. The number of nitrogens with one attached hydrogen (secondary N) is 1. The third-order valence-corrected chi connectivity index (χ3v) is 4.95. The summed E-state index contributed by atoms with van der Waals surface area (Å²) in [5, 5.41) is 7.04. The summed E-state index contributed by atoms with van der Waals surface area (Å²) in [6, 6.07) is 7.98. The minimum Gasteiger partial charge on any atom is -0.494 e. The molecule has 0 saturated heterocycles. The first-order valence-corrected chi connectivity index (χ1v) is 10.2. The van der Waals surface area contributed by atoms with Crippen molar-refractivity contribution in [3.05, 3.63) is 41.2 Å². The molecule has 0 fully saturated rings. The van der Waals surface area contributed by atoms with Crippen molar-refractivity contribution in [3.63, 3.8) is 0 Å². The number of carbonyl (C=O) groups is 2. The number of ether oxygens (including phenoxy) is 2. The van der Waals surface area contributed by atoms with Crippen LogP contribution in [0.1, 0.15) is 57.5 Å². The number of hydrogen-bond donors (Lipinski definition) is 1. The second-order valence-electron chi connectivity index (χ2n) is 8.52. The highest BCUT2D eigenvalue weighted by Crippen LogP contribution is 2.24. The fraction of sp³-hybridized carbons (Fsp3) is 0.522. The predicted molar refractivity (Wildman–Crippen MR) is 117 cm³/mol. The largest absolute Gasteiger partial charge is 0.494 e. The molecular formula is C23H33N3O4. The van der Waals surface area contributed by atoms with Crippen molar-refractivity contribution in [2.45, 2.75) is 65.9 Å². The molecule has 0 spiro atoms. The van der Waals surface area contributed by atoms with Crippen LogP contribution >= 0.6 is 0 Å². The standard InChI is InChI=1S/C23H33N3O4/c1-15-21(16(2)26(7)25-15)24-22(28)17(3)30-20(27)9-8-14-29-19-12-10-18(11-13-19)23(4,5)6/h10-13,17H,8-9,14H2,1-7H3,(H,24,28)/t17-/m1/s1. The van der Waals surface area contributed by atoms with Gasteiger partial charge < -0.3 is 14.8 Å². The number of hydrogen-bond acceptors (Lipinski definition) is 5. The lowest BCUT2D eigenvalue weighted by molar-refractivity contribution is -0.153. The Morgan fingerprint density at radius 1 is 1.17 bits per heavy atom. The molecule has 1 aromatic carbocycles. The summed E-state index contributed by atoms with van der Waals surface area (Å²) in [4.78, 5) is 24.4. The van der Waals surface area contributed by atoms with E-state index in [2.05, 4.69) is 43.3 Å². The molecule has 1 atom stereocenters. The summed E-state index contributed by atoms with van der Waals surface area (Å²) in [6.07, 6.45) is -0.195. The van der Waals surface area contributed by atoms with E-state index in [1.54, 1.807) is 11.6 Å². The molecule has 0 aliphatic carbocycles. The number of aryl methyl sites for hydroxylation is 2. The molecule has 0 bridgehead atoms. The Bertz CT molecular complexity index is 879. The van der Waals surface area contributed by atoms with Crippen LogP contribution in [0.3, 0.4) is 0 Å². The number of rotatable bonds is 8. The van der Waals surface area contributed by atoms with Gasteiger partial charge in [0.2, 0.25) is 0 Å². The van der Waals surface area contributed by atoms with Gasteiger partial charge in [0.25, 0.3) is 5.91 Å². The number of aromatic nitrogens is 2. The van der Waals surface area contributed by atoms with E-state index in [4.69, 9.17) is 9.47 Å². The van der Waals surface area contributed by atoms with Crippen molar-refractivity contribution in [1.29, 1.82) is 0 Å².